The maximum absolute atomic E-state index is 13.2. The zero-order valence-electron chi connectivity index (χ0n) is 14.7. The number of fused-ring (bicyclic) bond motifs is 1. The van der Waals surface area contributed by atoms with Crippen molar-refractivity contribution in [2.45, 2.75) is 19.3 Å². The van der Waals surface area contributed by atoms with Crippen LogP contribution in [0.1, 0.15) is 19.3 Å². The molecule has 6 nitrogen and oxygen atoms in total. The van der Waals surface area contributed by atoms with Gasteiger partial charge in [0.25, 0.3) is 0 Å². The van der Waals surface area contributed by atoms with Crippen LogP contribution < -0.4 is 4.90 Å². The normalized spacial score (nSPS) is 42.7. The lowest BCUT2D eigenvalue weighted by atomic mass is 9.71. The first-order chi connectivity index (χ1) is 12.6. The Hall–Kier alpha value is -1.76. The Balaban J connectivity index is 1.23. The number of hydrogen-bond donors (Lipinski definition) is 0. The van der Waals surface area contributed by atoms with E-state index in [1.54, 1.807) is 0 Å². The summed E-state index contributed by atoms with van der Waals surface area (Å²) in [6.07, 6.45) is 6.05. The predicted molar refractivity (Wildman–Crippen MR) is 90.8 cm³/mol. The van der Waals surface area contributed by atoms with E-state index in [0.717, 1.165) is 52.2 Å². The van der Waals surface area contributed by atoms with Gasteiger partial charge in [0.15, 0.2) is 5.82 Å². The van der Waals surface area contributed by atoms with E-state index in [1.807, 2.05) is 0 Å². The van der Waals surface area contributed by atoms with Crippen molar-refractivity contribution in [3.05, 3.63) is 18.2 Å². The number of nitrogens with zero attached hydrogens (tertiary/aromatic N) is 4. The summed E-state index contributed by atoms with van der Waals surface area (Å²) >= 11 is 0. The number of carbonyl (C=O) groups excluding carboxylic acids is 1. The Kier molecular flexibility index (Phi) is 2.91. The highest BCUT2D eigenvalue weighted by atomic mass is 19.1. The molecule has 5 aliphatic rings. The van der Waals surface area contributed by atoms with Gasteiger partial charge in [0, 0.05) is 42.9 Å². The minimum atomic E-state index is -0.402. The van der Waals surface area contributed by atoms with Crippen molar-refractivity contribution < 1.29 is 13.9 Å². The van der Waals surface area contributed by atoms with Crippen LogP contribution in [0.15, 0.2) is 12.4 Å². The average molecular weight is 358 g/mol. The molecule has 0 aromatic carbocycles. The van der Waals surface area contributed by atoms with Crippen LogP contribution >= 0.6 is 0 Å². The van der Waals surface area contributed by atoms with E-state index in [9.17, 15) is 9.18 Å². The summed E-state index contributed by atoms with van der Waals surface area (Å²) in [6, 6.07) is 0. The van der Waals surface area contributed by atoms with Gasteiger partial charge >= 0.3 is 0 Å². The number of hydrogen-bond acceptors (Lipinski definition) is 5. The molecular formula is C19H23FN4O2. The highest BCUT2D eigenvalue weighted by Gasteiger charge is 2.68. The maximum Gasteiger partial charge on any atom is 0.226 e. The van der Waals surface area contributed by atoms with Crippen LogP contribution in [0.4, 0.5) is 10.3 Å². The Morgan fingerprint density at radius 3 is 2.31 bits per heavy atom. The van der Waals surface area contributed by atoms with Crippen molar-refractivity contribution in [1.82, 2.24) is 14.9 Å². The summed E-state index contributed by atoms with van der Waals surface area (Å²) in [5.41, 5.74) is 0.307. The second-order valence-corrected chi connectivity index (χ2v) is 9.06. The highest BCUT2D eigenvalue weighted by Crippen LogP contribution is 2.63. The first kappa shape index (κ1) is 15.3. The third-order valence-electron chi connectivity index (χ3n) is 7.85. The molecule has 1 aromatic heterocycles. The molecule has 26 heavy (non-hydrogen) atoms. The average Bonchev–Trinajstić information content (AvgIpc) is 2.99. The fourth-order valence-electron chi connectivity index (χ4n) is 6.54. The van der Waals surface area contributed by atoms with E-state index in [-0.39, 0.29) is 16.7 Å². The lowest BCUT2D eigenvalue weighted by molar-refractivity contribution is -0.133. The molecule has 5 fully saturated rings. The Labute approximate surface area is 151 Å². The molecule has 0 radical (unpaired) electrons. The van der Waals surface area contributed by atoms with Crippen LogP contribution in [-0.2, 0) is 9.53 Å². The standard InChI is InChI=1S/C19H23FN4O2/c20-12-4-21-17(22-5-12)24-10-18-2-1-3-19(18,11-24)9-23(8-18)16(25)15-13-6-26-7-14(13)15/h4-5,13-15H,1-3,6-11H2/t13-,14+,15?,18?,19?. The fraction of sp³-hybridized carbons (Fsp3) is 0.737. The van der Waals surface area contributed by atoms with Crippen LogP contribution in [0.25, 0.3) is 0 Å². The Morgan fingerprint density at radius 1 is 1.08 bits per heavy atom. The molecule has 138 valence electrons. The predicted octanol–water partition coefficient (Wildman–Crippen LogP) is 1.33. The Morgan fingerprint density at radius 2 is 1.69 bits per heavy atom. The topological polar surface area (TPSA) is 58.6 Å². The maximum atomic E-state index is 13.2. The second kappa shape index (κ2) is 4.94. The van der Waals surface area contributed by atoms with Gasteiger partial charge in [-0.05, 0) is 24.7 Å². The van der Waals surface area contributed by atoms with Crippen LogP contribution in [-0.4, -0.2) is 60.2 Å². The first-order valence-corrected chi connectivity index (χ1v) is 9.70. The molecule has 4 heterocycles. The number of carbonyl (C=O) groups is 1. The van der Waals surface area contributed by atoms with Crippen molar-refractivity contribution in [3.63, 3.8) is 0 Å². The molecule has 1 amide bonds. The molecule has 0 N–H and O–H groups in total. The molecule has 5 atom stereocenters. The van der Waals surface area contributed by atoms with Crippen molar-refractivity contribution in [2.75, 3.05) is 44.3 Å². The quantitative estimate of drug-likeness (QED) is 0.798. The summed E-state index contributed by atoms with van der Waals surface area (Å²) in [5.74, 6) is 1.74. The monoisotopic (exact) mass is 358 g/mol. The van der Waals surface area contributed by atoms with Crippen LogP contribution in [0.5, 0.6) is 0 Å². The second-order valence-electron chi connectivity index (χ2n) is 9.06. The fourth-order valence-corrected chi connectivity index (χ4v) is 6.54. The van der Waals surface area contributed by atoms with E-state index in [1.165, 1.54) is 18.8 Å². The summed E-state index contributed by atoms with van der Waals surface area (Å²) in [6.45, 7) is 5.01. The molecule has 0 spiro atoms. The molecular weight excluding hydrogens is 335 g/mol. The largest absolute Gasteiger partial charge is 0.381 e. The lowest BCUT2D eigenvalue weighted by Crippen LogP contribution is -2.39. The third-order valence-corrected chi connectivity index (χ3v) is 7.85. The zero-order chi connectivity index (χ0) is 17.5. The SMILES string of the molecule is O=C(C1[C@H]2COC[C@@H]12)N1CC23CCCC2(C1)CN(c1ncc(F)cn1)C3. The molecule has 3 aliphatic heterocycles. The van der Waals surface area contributed by atoms with Gasteiger partial charge in [-0.15, -0.1) is 0 Å². The summed E-state index contributed by atoms with van der Waals surface area (Å²) < 4.78 is 18.6. The minimum absolute atomic E-state index is 0.154. The van der Waals surface area contributed by atoms with E-state index >= 15 is 0 Å². The number of rotatable bonds is 2. The number of ether oxygens (including phenoxy) is 1. The highest BCUT2D eigenvalue weighted by molar-refractivity contribution is 5.83. The van der Waals surface area contributed by atoms with Crippen LogP contribution in [0, 0.1) is 34.4 Å². The molecule has 7 heteroatoms. The van der Waals surface area contributed by atoms with Crippen LogP contribution in [0.3, 0.4) is 0 Å². The molecule has 3 unspecified atom stereocenters. The van der Waals surface area contributed by atoms with Gasteiger partial charge in [0.2, 0.25) is 11.9 Å². The number of halogens is 1. The van der Waals surface area contributed by atoms with E-state index in [4.69, 9.17) is 4.74 Å². The molecule has 3 saturated heterocycles. The van der Waals surface area contributed by atoms with Crippen molar-refractivity contribution in [1.29, 1.82) is 0 Å². The summed E-state index contributed by atoms with van der Waals surface area (Å²) in [5, 5.41) is 0. The van der Waals surface area contributed by atoms with Gasteiger partial charge in [-0.1, -0.05) is 6.42 Å². The van der Waals surface area contributed by atoms with Gasteiger partial charge in [-0.2, -0.15) is 0 Å². The zero-order valence-corrected chi connectivity index (χ0v) is 14.7. The smallest absolute Gasteiger partial charge is 0.226 e. The van der Waals surface area contributed by atoms with E-state index < -0.39 is 5.82 Å². The summed E-state index contributed by atoms with van der Waals surface area (Å²) in [7, 11) is 0. The van der Waals surface area contributed by atoms with Gasteiger partial charge in [-0.3, -0.25) is 4.79 Å². The number of likely N-dealkylation sites (tertiary alicyclic amines) is 1. The molecule has 0 bridgehead atoms. The number of anilines is 1. The van der Waals surface area contributed by atoms with E-state index in [0.29, 0.717) is 23.7 Å². The molecule has 6 rings (SSSR count). The molecule has 2 saturated carbocycles. The molecule has 1 aromatic rings. The minimum Gasteiger partial charge on any atom is -0.381 e. The first-order valence-electron chi connectivity index (χ1n) is 9.70. The molecule has 2 aliphatic carbocycles. The van der Waals surface area contributed by atoms with Crippen LogP contribution in [0.2, 0.25) is 0 Å². The third kappa shape index (κ3) is 1.87. The van der Waals surface area contributed by atoms with Crippen molar-refractivity contribution >= 4 is 11.9 Å². The van der Waals surface area contributed by atoms with Crippen molar-refractivity contribution in [3.8, 4) is 0 Å². The van der Waals surface area contributed by atoms with E-state index in [2.05, 4.69) is 19.8 Å². The van der Waals surface area contributed by atoms with Gasteiger partial charge < -0.3 is 14.5 Å². The van der Waals surface area contributed by atoms with Crippen molar-refractivity contribution in [2.24, 2.45) is 28.6 Å². The Bertz CT molecular complexity index is 741. The summed E-state index contributed by atoms with van der Waals surface area (Å²) in [4.78, 5) is 25.8. The lowest BCUT2D eigenvalue weighted by Gasteiger charge is -2.29. The van der Waals surface area contributed by atoms with Gasteiger partial charge in [-0.25, -0.2) is 14.4 Å². The number of amides is 1. The van der Waals surface area contributed by atoms with Gasteiger partial charge in [0.1, 0.15) is 0 Å². The number of aromatic nitrogens is 2. The van der Waals surface area contributed by atoms with Gasteiger partial charge in [0.05, 0.1) is 25.6 Å².